The molecule has 100 valence electrons. The van der Waals surface area contributed by atoms with E-state index in [1.165, 1.54) is 28.4 Å². The molecule has 0 amide bonds. The van der Waals surface area contributed by atoms with Gasteiger partial charge in [-0.05, 0) is 6.07 Å². The van der Waals surface area contributed by atoms with Crippen LogP contribution in [0.2, 0.25) is 0 Å². The van der Waals surface area contributed by atoms with Gasteiger partial charge in [0.15, 0.2) is 33.7 Å². The largest absolute Gasteiger partial charge is 0.390 e. The summed E-state index contributed by atoms with van der Waals surface area (Å²) in [6.45, 7) is 0. The second-order valence-corrected chi connectivity index (χ2v) is 5.28. The minimum absolute atomic E-state index is 0.146. The number of fused-ring (bicyclic) bond motifs is 1. The van der Waals surface area contributed by atoms with Gasteiger partial charge in [0.2, 0.25) is 5.78 Å². The van der Waals surface area contributed by atoms with E-state index in [-0.39, 0.29) is 16.5 Å². The Hall–Kier alpha value is -1.74. The number of rotatable bonds is 3. The molecule has 1 N–H and O–H groups in total. The lowest BCUT2D eigenvalue weighted by Gasteiger charge is -1.95. The van der Waals surface area contributed by atoms with Crippen molar-refractivity contribution in [2.45, 2.75) is 0 Å². The fraction of sp³-hybridized carbons (Fsp3) is 0. The van der Waals surface area contributed by atoms with Gasteiger partial charge < -0.3 is 8.05 Å². The van der Waals surface area contributed by atoms with Crippen molar-refractivity contribution in [1.29, 1.82) is 0 Å². The molecule has 0 aliphatic carbocycles. The van der Waals surface area contributed by atoms with Crippen LogP contribution in [0.5, 0.6) is 0 Å². The van der Waals surface area contributed by atoms with Crippen molar-refractivity contribution in [2.24, 2.45) is 0 Å². The van der Waals surface area contributed by atoms with E-state index in [2.05, 4.69) is 13.0 Å². The number of hydrogen-bond acceptors (Lipinski definition) is 5. The number of hydrogen-bond donors (Lipinski definition) is 1. The number of thiazole rings is 1. The van der Waals surface area contributed by atoms with Crippen molar-refractivity contribution in [2.75, 3.05) is 0 Å². The number of nitrogens with one attached hydrogen (secondary N) is 1. The Morgan fingerprint density at radius 2 is 2.10 bits per heavy atom. The van der Waals surface area contributed by atoms with E-state index >= 15 is 0 Å². The summed E-state index contributed by atoms with van der Waals surface area (Å²) in [5.41, 5.74) is 1.58. The highest BCUT2D eigenvalue weighted by atomic mass is 127. The van der Waals surface area contributed by atoms with Gasteiger partial charge >= 0.3 is 5.97 Å². The molecule has 5 nitrogen and oxygen atoms in total. The second-order valence-electron chi connectivity index (χ2n) is 3.98. The summed E-state index contributed by atoms with van der Waals surface area (Å²) < 4.78 is 4.55. The van der Waals surface area contributed by atoms with E-state index in [1.807, 2.05) is 24.3 Å². The van der Waals surface area contributed by atoms with Crippen LogP contribution in [0.4, 0.5) is 0 Å². The van der Waals surface area contributed by atoms with Crippen molar-refractivity contribution in [3.63, 3.8) is 0 Å². The van der Waals surface area contributed by atoms with Crippen LogP contribution in [0.15, 0.2) is 35.8 Å². The fourth-order valence-corrected chi connectivity index (χ4v) is 2.85. The Morgan fingerprint density at radius 1 is 1.30 bits per heavy atom. The van der Waals surface area contributed by atoms with Crippen LogP contribution in [0.3, 0.4) is 0 Å². The number of halogens is 1. The van der Waals surface area contributed by atoms with Crippen molar-refractivity contribution < 1.29 is 12.7 Å². The first kappa shape index (κ1) is 13.3. The van der Waals surface area contributed by atoms with E-state index in [0.717, 1.165) is 22.2 Å². The molecule has 2 aromatic heterocycles. The van der Waals surface area contributed by atoms with Crippen LogP contribution in [-0.4, -0.2) is 21.7 Å². The predicted octanol–water partition coefficient (Wildman–Crippen LogP) is 3.36. The quantitative estimate of drug-likeness (QED) is 0.543. The van der Waals surface area contributed by atoms with Gasteiger partial charge in [-0.15, -0.1) is 11.3 Å². The average molecular weight is 398 g/mol. The number of aromatic amines is 1. The Bertz CT molecular complexity index is 809. The summed E-state index contributed by atoms with van der Waals surface area (Å²) in [6, 6.07) is 7.53. The zero-order valence-corrected chi connectivity index (χ0v) is 12.9. The van der Waals surface area contributed by atoms with E-state index < -0.39 is 5.97 Å². The van der Waals surface area contributed by atoms with Gasteiger partial charge in [0.25, 0.3) is 0 Å². The first-order chi connectivity index (χ1) is 9.70. The van der Waals surface area contributed by atoms with Gasteiger partial charge in [0, 0.05) is 22.5 Å². The van der Waals surface area contributed by atoms with Crippen LogP contribution < -0.4 is 0 Å². The predicted molar refractivity (Wildman–Crippen MR) is 83.3 cm³/mol. The third kappa shape index (κ3) is 2.22. The number of para-hydroxylation sites is 1. The molecule has 1 aromatic carbocycles. The Kier molecular flexibility index (Phi) is 3.53. The van der Waals surface area contributed by atoms with E-state index in [9.17, 15) is 9.59 Å². The summed E-state index contributed by atoms with van der Waals surface area (Å²) in [4.78, 5) is 30.8. The normalized spacial score (nSPS) is 10.7. The van der Waals surface area contributed by atoms with Gasteiger partial charge in [-0.2, -0.15) is 0 Å². The van der Waals surface area contributed by atoms with Gasteiger partial charge in [-0.25, -0.2) is 9.78 Å². The maximum atomic E-state index is 12.4. The number of benzene rings is 1. The van der Waals surface area contributed by atoms with Crippen molar-refractivity contribution in [1.82, 2.24) is 9.97 Å². The monoisotopic (exact) mass is 398 g/mol. The Labute approximate surface area is 131 Å². The highest BCUT2D eigenvalue weighted by molar-refractivity contribution is 14.1. The molecular formula is C13H7IN2O3S. The smallest absolute Gasteiger partial charge is 0.367 e. The zero-order valence-electron chi connectivity index (χ0n) is 9.92. The van der Waals surface area contributed by atoms with Crippen molar-refractivity contribution in [3.8, 4) is 0 Å². The van der Waals surface area contributed by atoms with Crippen LogP contribution in [0.1, 0.15) is 25.9 Å². The maximum Gasteiger partial charge on any atom is 0.367 e. The Morgan fingerprint density at radius 3 is 2.90 bits per heavy atom. The summed E-state index contributed by atoms with van der Waals surface area (Å²) in [5.74, 6) is -0.764. The number of nitrogens with zero attached hydrogens (tertiary/aromatic N) is 1. The molecule has 20 heavy (non-hydrogen) atoms. The van der Waals surface area contributed by atoms with Crippen LogP contribution in [0, 0.1) is 0 Å². The molecular weight excluding hydrogens is 391 g/mol. The van der Waals surface area contributed by atoms with E-state index in [0.29, 0.717) is 5.56 Å². The summed E-state index contributed by atoms with van der Waals surface area (Å²) in [5, 5.41) is 2.63. The first-order valence-corrected chi connectivity index (χ1v) is 7.36. The Balaban J connectivity index is 2.00. The molecule has 0 unspecified atom stereocenters. The van der Waals surface area contributed by atoms with Crippen molar-refractivity contribution >= 4 is 57.0 Å². The maximum absolute atomic E-state index is 12.4. The first-order valence-electron chi connectivity index (χ1n) is 5.60. The van der Waals surface area contributed by atoms with Crippen LogP contribution in [0.25, 0.3) is 10.9 Å². The lowest BCUT2D eigenvalue weighted by molar-refractivity contribution is 0.0795. The minimum Gasteiger partial charge on any atom is -0.390 e. The van der Waals surface area contributed by atoms with Gasteiger partial charge in [0.05, 0.1) is 5.56 Å². The van der Waals surface area contributed by atoms with Crippen LogP contribution >= 0.6 is 34.3 Å². The second kappa shape index (κ2) is 5.33. The SMILES string of the molecule is O=C(OI)c1csc(C(=O)c2c[nH]c3ccccc23)n1. The fourth-order valence-electron chi connectivity index (χ4n) is 1.89. The molecule has 0 saturated heterocycles. The zero-order chi connectivity index (χ0) is 14.1. The lowest BCUT2D eigenvalue weighted by atomic mass is 10.1. The number of H-pyrrole nitrogens is 1. The molecule has 3 aromatic rings. The summed E-state index contributed by atoms with van der Waals surface area (Å²) in [6.07, 6.45) is 1.66. The molecule has 0 aliphatic rings. The number of carbonyl (C=O) groups excluding carboxylic acids is 2. The number of ketones is 1. The standard InChI is InChI=1S/C13H7IN2O3S/c14-19-13(18)10-6-20-12(16-10)11(17)8-5-15-9-4-2-1-3-7(8)9/h1-6,15H. The average Bonchev–Trinajstić information content (AvgIpc) is 3.12. The molecule has 0 aliphatic heterocycles. The molecule has 3 rings (SSSR count). The minimum atomic E-state index is -0.556. The third-order valence-electron chi connectivity index (χ3n) is 2.81. The molecule has 0 atom stereocenters. The molecule has 0 radical (unpaired) electrons. The molecule has 0 spiro atoms. The molecule has 2 heterocycles. The molecule has 0 saturated carbocycles. The number of aromatic nitrogens is 2. The summed E-state index contributed by atoms with van der Waals surface area (Å²) >= 11 is 2.62. The lowest BCUT2D eigenvalue weighted by Crippen LogP contribution is -2.03. The van der Waals surface area contributed by atoms with Gasteiger partial charge in [-0.3, -0.25) is 4.79 Å². The van der Waals surface area contributed by atoms with E-state index in [4.69, 9.17) is 0 Å². The van der Waals surface area contributed by atoms with Crippen LogP contribution in [-0.2, 0) is 3.07 Å². The molecule has 0 bridgehead atoms. The number of carbonyl (C=O) groups is 2. The van der Waals surface area contributed by atoms with Gasteiger partial charge in [-0.1, -0.05) is 18.2 Å². The van der Waals surface area contributed by atoms with Gasteiger partial charge in [0.1, 0.15) is 0 Å². The molecule has 7 heteroatoms. The van der Waals surface area contributed by atoms with E-state index in [1.54, 1.807) is 6.20 Å². The third-order valence-corrected chi connectivity index (χ3v) is 4.05. The van der Waals surface area contributed by atoms with Crippen molar-refractivity contribution in [3.05, 3.63) is 52.1 Å². The topological polar surface area (TPSA) is 72.1 Å². The highest BCUT2D eigenvalue weighted by Crippen LogP contribution is 2.22. The molecule has 0 fully saturated rings. The summed E-state index contributed by atoms with van der Waals surface area (Å²) in [7, 11) is 0. The highest BCUT2D eigenvalue weighted by Gasteiger charge is 2.19.